The van der Waals surface area contributed by atoms with E-state index in [1.165, 1.54) is 0 Å². The van der Waals surface area contributed by atoms with Crippen LogP contribution in [-0.4, -0.2) is 82.6 Å². The zero-order valence-corrected chi connectivity index (χ0v) is 27.8. The van der Waals surface area contributed by atoms with Gasteiger partial charge in [-0.3, -0.25) is 24.6 Å². The van der Waals surface area contributed by atoms with E-state index in [4.69, 9.17) is 0 Å². The highest BCUT2D eigenvalue weighted by molar-refractivity contribution is 5.84. The molecule has 1 atom stereocenters. The van der Waals surface area contributed by atoms with Gasteiger partial charge >= 0.3 is 0 Å². The summed E-state index contributed by atoms with van der Waals surface area (Å²) in [5.41, 5.74) is 5.50. The molecule has 254 valence electrons. The van der Waals surface area contributed by atoms with Crippen molar-refractivity contribution in [2.75, 3.05) is 55.6 Å². The summed E-state index contributed by atoms with van der Waals surface area (Å²) in [5, 5.41) is 0.396. The molecule has 2 aliphatic heterocycles. The molecule has 1 aromatic carbocycles. The molecule has 3 fully saturated rings. The van der Waals surface area contributed by atoms with Crippen LogP contribution in [0.2, 0.25) is 0 Å². The van der Waals surface area contributed by atoms with Gasteiger partial charge in [0.25, 0.3) is 6.43 Å². The standard InChI is InChI=1S/C37H44F3N7O/c1-25-5-6-30(19-42-25)45-13-3-4-31(23-45)46(20-27-11-12-41-26(2)18-27)21-28-22-47(29-7-8-29)36-32(37(28)48)9-10-33(35(36)40)44-16-14-43(15-17-44)24-34(38)39/h5-6,9-12,18-19,22,29,31,34H,3-4,7-8,13-17,20-21,23-24H2,1-2H3/t31-/m0/s1. The van der Waals surface area contributed by atoms with E-state index in [1.54, 1.807) is 17.0 Å². The van der Waals surface area contributed by atoms with E-state index in [-0.39, 0.29) is 24.1 Å². The van der Waals surface area contributed by atoms with E-state index in [9.17, 15) is 13.6 Å². The maximum Gasteiger partial charge on any atom is 0.251 e. The fraction of sp³-hybridized carbons (Fsp3) is 0.486. The Morgan fingerprint density at radius 1 is 0.917 bits per heavy atom. The first-order valence-electron chi connectivity index (χ1n) is 17.2. The van der Waals surface area contributed by atoms with E-state index in [0.717, 1.165) is 61.4 Å². The minimum absolute atomic E-state index is 0.139. The summed E-state index contributed by atoms with van der Waals surface area (Å²) in [5.74, 6) is -0.399. The number of pyridine rings is 3. The van der Waals surface area contributed by atoms with Gasteiger partial charge in [-0.15, -0.1) is 0 Å². The second kappa shape index (κ2) is 13.9. The smallest absolute Gasteiger partial charge is 0.251 e. The van der Waals surface area contributed by atoms with Crippen LogP contribution in [0.3, 0.4) is 0 Å². The topological polar surface area (TPSA) is 60.7 Å². The molecule has 48 heavy (non-hydrogen) atoms. The first kappa shape index (κ1) is 32.6. The average Bonchev–Trinajstić information content (AvgIpc) is 3.92. The maximum absolute atomic E-state index is 16.5. The van der Waals surface area contributed by atoms with E-state index in [1.807, 2.05) is 54.0 Å². The molecule has 3 aromatic heterocycles. The van der Waals surface area contributed by atoms with Crippen LogP contribution >= 0.6 is 0 Å². The average molecular weight is 660 g/mol. The number of aromatic nitrogens is 3. The lowest BCUT2D eigenvalue weighted by Gasteiger charge is -2.40. The lowest BCUT2D eigenvalue weighted by molar-refractivity contribution is 0.0854. The van der Waals surface area contributed by atoms with Crippen molar-refractivity contribution in [3.05, 3.63) is 93.5 Å². The molecule has 1 saturated carbocycles. The van der Waals surface area contributed by atoms with Gasteiger partial charge in [0.2, 0.25) is 0 Å². The van der Waals surface area contributed by atoms with Crippen LogP contribution in [0.4, 0.5) is 24.5 Å². The Kier molecular flexibility index (Phi) is 9.42. The molecule has 2 saturated heterocycles. The molecule has 4 aromatic rings. The monoisotopic (exact) mass is 659 g/mol. The molecular weight excluding hydrogens is 615 g/mol. The Labute approximate surface area is 279 Å². The number of halogens is 3. The van der Waals surface area contributed by atoms with E-state index < -0.39 is 12.2 Å². The molecule has 11 heteroatoms. The summed E-state index contributed by atoms with van der Waals surface area (Å²) in [6, 6.07) is 12.1. The Hall–Kier alpha value is -3.96. The fourth-order valence-electron chi connectivity index (χ4n) is 7.42. The summed E-state index contributed by atoms with van der Waals surface area (Å²) in [6.45, 7) is 8.42. The SMILES string of the molecule is Cc1ccc(N2CCC[C@H](N(Cc3ccnc(C)c3)Cc3cn(C4CC4)c4c(F)c(N5CCN(CC(F)F)CC5)ccc4c3=O)C2)cn1. The summed E-state index contributed by atoms with van der Waals surface area (Å²) >= 11 is 0. The normalized spacial score (nSPS) is 19.2. The number of rotatable bonds is 10. The summed E-state index contributed by atoms with van der Waals surface area (Å²) < 4.78 is 44.3. The maximum atomic E-state index is 16.5. The first-order chi connectivity index (χ1) is 23.2. The third-order valence-electron chi connectivity index (χ3n) is 10.1. The van der Waals surface area contributed by atoms with Crippen LogP contribution in [0.25, 0.3) is 10.9 Å². The number of benzene rings is 1. The van der Waals surface area contributed by atoms with Crippen molar-refractivity contribution in [3.8, 4) is 0 Å². The number of piperidine rings is 1. The lowest BCUT2D eigenvalue weighted by Crippen LogP contribution is -2.48. The molecule has 0 N–H and O–H groups in total. The Morgan fingerprint density at radius 3 is 2.44 bits per heavy atom. The first-order valence-corrected chi connectivity index (χ1v) is 17.2. The highest BCUT2D eigenvalue weighted by Gasteiger charge is 2.31. The van der Waals surface area contributed by atoms with Gasteiger partial charge in [-0.1, -0.05) is 0 Å². The fourth-order valence-corrected chi connectivity index (χ4v) is 7.42. The van der Waals surface area contributed by atoms with Crippen molar-refractivity contribution >= 4 is 22.3 Å². The number of piperazine rings is 1. The molecule has 0 bridgehead atoms. The number of fused-ring (bicyclic) bond motifs is 1. The van der Waals surface area contributed by atoms with E-state index >= 15 is 4.39 Å². The molecule has 0 radical (unpaired) electrons. The zero-order chi connectivity index (χ0) is 33.4. The van der Waals surface area contributed by atoms with Crippen molar-refractivity contribution in [2.45, 2.75) is 71.1 Å². The molecule has 7 rings (SSSR count). The van der Waals surface area contributed by atoms with Gasteiger partial charge in [0.15, 0.2) is 11.2 Å². The highest BCUT2D eigenvalue weighted by atomic mass is 19.3. The quantitative estimate of drug-likeness (QED) is 0.209. The number of hydrogen-bond donors (Lipinski definition) is 0. The number of hydrogen-bond acceptors (Lipinski definition) is 7. The minimum atomic E-state index is -2.39. The summed E-state index contributed by atoms with van der Waals surface area (Å²) in [7, 11) is 0. The lowest BCUT2D eigenvalue weighted by atomic mass is 10.0. The second-order valence-corrected chi connectivity index (χ2v) is 13.7. The predicted molar refractivity (Wildman–Crippen MR) is 184 cm³/mol. The van der Waals surface area contributed by atoms with Crippen molar-refractivity contribution in [1.82, 2.24) is 24.3 Å². The number of anilines is 2. The number of aryl methyl sites for hydroxylation is 2. The van der Waals surface area contributed by atoms with Crippen LogP contribution in [-0.2, 0) is 13.1 Å². The molecule has 0 spiro atoms. The van der Waals surface area contributed by atoms with Gasteiger partial charge in [-0.2, -0.15) is 0 Å². The minimum Gasteiger partial charge on any atom is -0.369 e. The van der Waals surface area contributed by atoms with Gasteiger partial charge in [0.05, 0.1) is 29.6 Å². The molecule has 0 unspecified atom stereocenters. The van der Waals surface area contributed by atoms with Crippen LogP contribution < -0.4 is 15.2 Å². The molecule has 5 heterocycles. The van der Waals surface area contributed by atoms with E-state index in [0.29, 0.717) is 61.4 Å². The number of nitrogens with zero attached hydrogens (tertiary/aromatic N) is 7. The van der Waals surface area contributed by atoms with Crippen LogP contribution in [0, 0.1) is 19.7 Å². The van der Waals surface area contributed by atoms with Crippen molar-refractivity contribution < 1.29 is 13.2 Å². The van der Waals surface area contributed by atoms with Gasteiger partial charge in [-0.05, 0) is 81.5 Å². The molecule has 8 nitrogen and oxygen atoms in total. The molecular formula is C37H44F3N7O. The Morgan fingerprint density at radius 2 is 1.73 bits per heavy atom. The largest absolute Gasteiger partial charge is 0.369 e. The third kappa shape index (κ3) is 7.08. The molecule has 1 aliphatic carbocycles. The highest BCUT2D eigenvalue weighted by Crippen LogP contribution is 2.39. The Bertz CT molecular complexity index is 1800. The van der Waals surface area contributed by atoms with Gasteiger partial charge in [0, 0.05) is 99.2 Å². The van der Waals surface area contributed by atoms with Crippen molar-refractivity contribution in [2.24, 2.45) is 0 Å². The van der Waals surface area contributed by atoms with Gasteiger partial charge < -0.3 is 14.4 Å². The van der Waals surface area contributed by atoms with E-state index in [2.05, 4.69) is 31.9 Å². The van der Waals surface area contributed by atoms with Crippen molar-refractivity contribution in [1.29, 1.82) is 0 Å². The predicted octanol–water partition coefficient (Wildman–Crippen LogP) is 5.94. The van der Waals surface area contributed by atoms with Crippen molar-refractivity contribution in [3.63, 3.8) is 0 Å². The molecule has 0 amide bonds. The molecule has 3 aliphatic rings. The zero-order valence-electron chi connectivity index (χ0n) is 27.8. The van der Waals surface area contributed by atoms with Crippen LogP contribution in [0.15, 0.2) is 59.8 Å². The summed E-state index contributed by atoms with van der Waals surface area (Å²) in [4.78, 5) is 31.6. The summed E-state index contributed by atoms with van der Waals surface area (Å²) in [6.07, 6.45) is 7.21. The number of alkyl halides is 2. The van der Waals surface area contributed by atoms with Crippen LogP contribution in [0.1, 0.15) is 54.2 Å². The Balaban J connectivity index is 1.21. The van der Waals surface area contributed by atoms with Crippen LogP contribution in [0.5, 0.6) is 0 Å². The second-order valence-electron chi connectivity index (χ2n) is 13.7. The van der Waals surface area contributed by atoms with Gasteiger partial charge in [-0.25, -0.2) is 13.2 Å². The third-order valence-corrected chi connectivity index (χ3v) is 10.1. The van der Waals surface area contributed by atoms with Gasteiger partial charge in [0.1, 0.15) is 0 Å².